The first-order valence-corrected chi connectivity index (χ1v) is 9.73. The maximum Gasteiger partial charge on any atom is 0.222 e. The highest BCUT2D eigenvalue weighted by molar-refractivity contribution is 7.19. The number of imidazole rings is 1. The van der Waals surface area contributed by atoms with E-state index in [1.807, 2.05) is 6.07 Å². The van der Waals surface area contributed by atoms with Crippen molar-refractivity contribution in [3.63, 3.8) is 0 Å². The third-order valence-corrected chi connectivity index (χ3v) is 5.81. The van der Waals surface area contributed by atoms with Gasteiger partial charge in [-0.25, -0.2) is 15.0 Å². The minimum atomic E-state index is 0.458. The first-order chi connectivity index (χ1) is 13.6. The molecule has 1 aromatic carbocycles. The molecule has 0 spiro atoms. The number of halogens is 2. The first-order valence-electron chi connectivity index (χ1n) is 8.15. The Morgan fingerprint density at radius 3 is 2.68 bits per heavy atom. The number of nitrogens with one attached hydrogen (secondary N) is 2. The number of thiophene rings is 1. The SMILES string of the molecule is CNc1nccc(-c2sc(-c3ncc[nH]3)c(-c3ccc(Cl)cc3Cl)c2C#N)n1. The van der Waals surface area contributed by atoms with E-state index in [2.05, 4.69) is 31.3 Å². The molecule has 0 saturated heterocycles. The highest BCUT2D eigenvalue weighted by atomic mass is 35.5. The van der Waals surface area contributed by atoms with Gasteiger partial charge in [-0.2, -0.15) is 5.26 Å². The molecule has 0 aliphatic carbocycles. The zero-order valence-corrected chi connectivity index (χ0v) is 16.8. The molecule has 0 aliphatic rings. The van der Waals surface area contributed by atoms with Crippen molar-refractivity contribution in [3.8, 4) is 38.5 Å². The molecule has 0 atom stereocenters. The Balaban J connectivity index is 2.03. The highest BCUT2D eigenvalue weighted by Crippen LogP contribution is 2.47. The van der Waals surface area contributed by atoms with Gasteiger partial charge in [-0.05, 0) is 18.2 Å². The van der Waals surface area contributed by atoms with E-state index in [9.17, 15) is 5.26 Å². The molecule has 3 heterocycles. The van der Waals surface area contributed by atoms with Gasteiger partial charge in [0.2, 0.25) is 5.95 Å². The van der Waals surface area contributed by atoms with Crippen molar-refractivity contribution in [2.24, 2.45) is 0 Å². The summed E-state index contributed by atoms with van der Waals surface area (Å²) in [5.74, 6) is 1.12. The number of nitrogens with zero attached hydrogens (tertiary/aromatic N) is 4. The highest BCUT2D eigenvalue weighted by Gasteiger charge is 2.25. The number of aromatic amines is 1. The first kappa shape index (κ1) is 18.4. The van der Waals surface area contributed by atoms with Crippen molar-refractivity contribution in [2.75, 3.05) is 12.4 Å². The number of hydrogen-bond donors (Lipinski definition) is 2. The Bertz CT molecular complexity index is 1190. The summed E-state index contributed by atoms with van der Waals surface area (Å²) in [6, 6.07) is 9.30. The fraction of sp³-hybridized carbons (Fsp3) is 0.0526. The van der Waals surface area contributed by atoms with Gasteiger partial charge in [0.05, 0.1) is 21.0 Å². The predicted octanol–water partition coefficient (Wildman–Crippen LogP) is 5.48. The zero-order valence-electron chi connectivity index (χ0n) is 14.5. The second kappa shape index (κ2) is 7.60. The van der Waals surface area contributed by atoms with Crippen LogP contribution in [0, 0.1) is 11.3 Å². The average Bonchev–Trinajstić information content (AvgIpc) is 3.35. The molecule has 9 heteroatoms. The van der Waals surface area contributed by atoms with Gasteiger partial charge >= 0.3 is 0 Å². The topological polar surface area (TPSA) is 90.3 Å². The lowest BCUT2D eigenvalue weighted by atomic mass is 9.99. The molecule has 28 heavy (non-hydrogen) atoms. The average molecular weight is 427 g/mol. The lowest BCUT2D eigenvalue weighted by molar-refractivity contribution is 1.16. The Morgan fingerprint density at radius 1 is 1.14 bits per heavy atom. The minimum Gasteiger partial charge on any atom is -0.357 e. The van der Waals surface area contributed by atoms with Gasteiger partial charge in [0.1, 0.15) is 11.9 Å². The third-order valence-electron chi connectivity index (χ3n) is 4.05. The van der Waals surface area contributed by atoms with Crippen LogP contribution in [-0.2, 0) is 0 Å². The maximum absolute atomic E-state index is 10.0. The molecular formula is C19H12Cl2N6S. The number of H-pyrrole nitrogens is 1. The van der Waals surface area contributed by atoms with Gasteiger partial charge in [0.15, 0.2) is 0 Å². The molecule has 0 fully saturated rings. The predicted molar refractivity (Wildman–Crippen MR) is 113 cm³/mol. The number of hydrogen-bond acceptors (Lipinski definition) is 6. The molecular weight excluding hydrogens is 415 g/mol. The van der Waals surface area contributed by atoms with Gasteiger partial charge in [0, 0.05) is 46.8 Å². The number of benzene rings is 1. The summed E-state index contributed by atoms with van der Waals surface area (Å²) < 4.78 is 0. The van der Waals surface area contributed by atoms with Crippen molar-refractivity contribution < 1.29 is 0 Å². The lowest BCUT2D eigenvalue weighted by Gasteiger charge is -2.07. The summed E-state index contributed by atoms with van der Waals surface area (Å²) in [7, 11) is 1.74. The van der Waals surface area contributed by atoms with Crippen LogP contribution in [0.25, 0.3) is 32.4 Å². The Labute approximate surface area is 174 Å². The summed E-state index contributed by atoms with van der Waals surface area (Å²) >= 11 is 14.0. The van der Waals surface area contributed by atoms with Crippen molar-refractivity contribution in [2.45, 2.75) is 0 Å². The summed E-state index contributed by atoms with van der Waals surface area (Å²) in [6.07, 6.45) is 5.05. The van der Waals surface area contributed by atoms with Gasteiger partial charge in [-0.15, -0.1) is 11.3 Å². The standard InChI is InChI=1S/C19H12Cl2N6S/c1-23-19-26-5-4-14(27-19)16-12(9-22)15(11-3-2-10(20)8-13(11)21)17(28-16)18-24-6-7-25-18/h2-8H,1H3,(H,24,25)(H,23,26,27). The number of aromatic nitrogens is 4. The van der Waals surface area contributed by atoms with Crippen molar-refractivity contribution >= 4 is 40.5 Å². The fourth-order valence-corrected chi connectivity index (χ4v) is 4.53. The molecule has 138 valence electrons. The van der Waals surface area contributed by atoms with Crippen LogP contribution in [0.3, 0.4) is 0 Å². The molecule has 0 aliphatic heterocycles. The van der Waals surface area contributed by atoms with Crippen molar-refractivity contribution in [1.82, 2.24) is 19.9 Å². The molecule has 0 unspecified atom stereocenters. The van der Waals surface area contributed by atoms with Crippen LogP contribution in [-0.4, -0.2) is 27.0 Å². The van der Waals surface area contributed by atoms with Gasteiger partial charge in [-0.3, -0.25) is 0 Å². The normalized spacial score (nSPS) is 10.6. The van der Waals surface area contributed by atoms with Crippen LogP contribution in [0.1, 0.15) is 5.56 Å². The van der Waals surface area contributed by atoms with E-state index in [1.165, 1.54) is 11.3 Å². The number of rotatable bonds is 4. The zero-order chi connectivity index (χ0) is 19.7. The van der Waals surface area contributed by atoms with Gasteiger partial charge in [-0.1, -0.05) is 29.3 Å². The third kappa shape index (κ3) is 3.22. The largest absolute Gasteiger partial charge is 0.357 e. The Kier molecular flexibility index (Phi) is 5.01. The van der Waals surface area contributed by atoms with Gasteiger partial charge < -0.3 is 10.3 Å². The summed E-state index contributed by atoms with van der Waals surface area (Å²) in [6.45, 7) is 0. The van der Waals surface area contributed by atoms with E-state index < -0.39 is 0 Å². The van der Waals surface area contributed by atoms with Crippen molar-refractivity contribution in [1.29, 1.82) is 5.26 Å². The quantitative estimate of drug-likeness (QED) is 0.450. The lowest BCUT2D eigenvalue weighted by Crippen LogP contribution is -1.96. The summed E-state index contributed by atoms with van der Waals surface area (Å²) in [5.41, 5.74) is 2.52. The Hall–Kier alpha value is -2.92. The maximum atomic E-state index is 10.0. The second-order valence-electron chi connectivity index (χ2n) is 5.70. The van der Waals surface area contributed by atoms with Crippen LogP contribution in [0.2, 0.25) is 10.0 Å². The van der Waals surface area contributed by atoms with E-state index in [0.29, 0.717) is 49.1 Å². The molecule has 6 nitrogen and oxygen atoms in total. The molecule has 0 saturated carbocycles. The van der Waals surface area contributed by atoms with E-state index in [0.717, 1.165) is 4.88 Å². The molecule has 3 aromatic heterocycles. The molecule has 2 N–H and O–H groups in total. The molecule has 0 radical (unpaired) electrons. The van der Waals surface area contributed by atoms with Crippen LogP contribution >= 0.6 is 34.5 Å². The fourth-order valence-electron chi connectivity index (χ4n) is 2.83. The van der Waals surface area contributed by atoms with Gasteiger partial charge in [0.25, 0.3) is 0 Å². The second-order valence-corrected chi connectivity index (χ2v) is 7.56. The van der Waals surface area contributed by atoms with Crippen LogP contribution in [0.5, 0.6) is 0 Å². The number of nitriles is 1. The Morgan fingerprint density at radius 2 is 2.00 bits per heavy atom. The summed E-state index contributed by atoms with van der Waals surface area (Å²) in [4.78, 5) is 17.6. The van der Waals surface area contributed by atoms with Crippen LogP contribution in [0.4, 0.5) is 5.95 Å². The van der Waals surface area contributed by atoms with E-state index in [1.54, 1.807) is 43.8 Å². The smallest absolute Gasteiger partial charge is 0.222 e. The summed E-state index contributed by atoms with van der Waals surface area (Å²) in [5, 5.41) is 13.9. The molecule has 0 bridgehead atoms. The minimum absolute atomic E-state index is 0.458. The van der Waals surface area contributed by atoms with Crippen molar-refractivity contribution in [3.05, 3.63) is 58.5 Å². The molecule has 4 rings (SSSR count). The molecule has 4 aromatic rings. The number of anilines is 1. The van der Waals surface area contributed by atoms with Crippen LogP contribution < -0.4 is 5.32 Å². The van der Waals surface area contributed by atoms with E-state index in [-0.39, 0.29) is 0 Å². The monoisotopic (exact) mass is 426 g/mol. The van der Waals surface area contributed by atoms with E-state index in [4.69, 9.17) is 23.2 Å². The van der Waals surface area contributed by atoms with E-state index >= 15 is 0 Å². The molecule has 0 amide bonds. The van der Waals surface area contributed by atoms with Crippen LogP contribution in [0.15, 0.2) is 42.9 Å².